The zero-order chi connectivity index (χ0) is 25.9. The number of carbonyl (C=O) groups is 3. The van der Waals surface area contributed by atoms with Crippen molar-refractivity contribution >= 4 is 17.9 Å². The summed E-state index contributed by atoms with van der Waals surface area (Å²) in [6.07, 6.45) is 1.02. The number of hydrogen-bond acceptors (Lipinski definition) is 8. The molecule has 3 aromatic carbocycles. The van der Waals surface area contributed by atoms with Gasteiger partial charge in [0.1, 0.15) is 29.6 Å². The number of hydrogen-bond donors (Lipinski definition) is 0. The minimum atomic E-state index is -0.657. The van der Waals surface area contributed by atoms with Gasteiger partial charge in [-0.2, -0.15) is 0 Å². The molecule has 0 spiro atoms. The predicted octanol–water partition coefficient (Wildman–Crippen LogP) is 5.15. The lowest BCUT2D eigenvalue weighted by Gasteiger charge is -2.13. The van der Waals surface area contributed by atoms with Crippen LogP contribution in [0.5, 0.6) is 23.0 Å². The lowest BCUT2D eigenvalue weighted by molar-refractivity contribution is -0.139. The monoisotopic (exact) mass is 490 g/mol. The minimum absolute atomic E-state index is 0.145. The maximum absolute atomic E-state index is 12.7. The van der Waals surface area contributed by atoms with Crippen LogP contribution in [-0.2, 0) is 16.1 Å². The van der Waals surface area contributed by atoms with E-state index in [4.69, 9.17) is 23.7 Å². The highest BCUT2D eigenvalue weighted by Gasteiger charge is 2.16. The third kappa shape index (κ3) is 7.20. The van der Waals surface area contributed by atoms with Gasteiger partial charge in [-0.1, -0.05) is 6.58 Å². The molecule has 0 amide bonds. The second-order valence-electron chi connectivity index (χ2n) is 7.28. The number of rotatable bonds is 11. The van der Waals surface area contributed by atoms with Crippen LogP contribution in [0, 0.1) is 0 Å². The van der Waals surface area contributed by atoms with E-state index < -0.39 is 17.9 Å². The Morgan fingerprint density at radius 2 is 1.22 bits per heavy atom. The van der Waals surface area contributed by atoms with E-state index in [1.165, 1.54) is 18.2 Å². The topological polar surface area (TPSA) is 97.4 Å². The van der Waals surface area contributed by atoms with Gasteiger partial charge < -0.3 is 23.7 Å². The lowest BCUT2D eigenvalue weighted by Crippen LogP contribution is -2.12. The summed E-state index contributed by atoms with van der Waals surface area (Å²) in [6.45, 7) is 7.88. The highest BCUT2D eigenvalue weighted by atomic mass is 16.6. The molecule has 0 radical (unpaired) electrons. The fourth-order valence-corrected chi connectivity index (χ4v) is 3.07. The fraction of sp³-hybridized carbons (Fsp3) is 0.179. The Kier molecular flexibility index (Phi) is 9.22. The van der Waals surface area contributed by atoms with Crippen LogP contribution < -0.4 is 18.9 Å². The molecule has 0 atom stereocenters. The SMILES string of the molecule is C=CC(=O)OCc1cc(OC(=O)c2ccc(OCC)cc2)ccc1OC(=O)c1ccc(OCC)cc1. The van der Waals surface area contributed by atoms with E-state index in [0.29, 0.717) is 41.4 Å². The molecule has 0 bridgehead atoms. The highest BCUT2D eigenvalue weighted by Crippen LogP contribution is 2.27. The molecule has 3 aromatic rings. The first-order valence-electron chi connectivity index (χ1n) is 11.3. The van der Waals surface area contributed by atoms with E-state index in [0.717, 1.165) is 6.08 Å². The number of benzene rings is 3. The molecule has 3 rings (SSSR count). The highest BCUT2D eigenvalue weighted by molar-refractivity contribution is 5.92. The van der Waals surface area contributed by atoms with Crippen molar-refractivity contribution in [3.05, 3.63) is 96.1 Å². The van der Waals surface area contributed by atoms with Gasteiger partial charge >= 0.3 is 17.9 Å². The van der Waals surface area contributed by atoms with Crippen molar-refractivity contribution in [3.8, 4) is 23.0 Å². The summed E-state index contributed by atoms with van der Waals surface area (Å²) in [4.78, 5) is 36.8. The van der Waals surface area contributed by atoms with Gasteiger partial charge in [0.25, 0.3) is 0 Å². The van der Waals surface area contributed by atoms with Gasteiger partial charge in [0, 0.05) is 11.6 Å². The Bertz CT molecular complexity index is 1210. The van der Waals surface area contributed by atoms with E-state index in [-0.39, 0.29) is 18.1 Å². The quantitative estimate of drug-likeness (QED) is 0.207. The van der Waals surface area contributed by atoms with Crippen LogP contribution in [0.1, 0.15) is 40.1 Å². The standard InChI is InChI=1S/C28H26O8/c1-4-26(29)34-18-21-17-24(35-27(30)19-7-11-22(12-8-19)32-5-2)15-16-25(21)36-28(31)20-9-13-23(14-10-20)33-6-3/h4,7-17H,1,5-6,18H2,2-3H3. The second-order valence-corrected chi connectivity index (χ2v) is 7.28. The van der Waals surface area contributed by atoms with Crippen molar-refractivity contribution in [2.24, 2.45) is 0 Å². The lowest BCUT2D eigenvalue weighted by atomic mass is 10.2. The van der Waals surface area contributed by atoms with Crippen LogP contribution >= 0.6 is 0 Å². The summed E-state index contributed by atoms with van der Waals surface area (Å²) in [7, 11) is 0. The molecule has 0 N–H and O–H groups in total. The van der Waals surface area contributed by atoms with Gasteiger partial charge in [0.05, 0.1) is 24.3 Å². The maximum atomic E-state index is 12.7. The van der Waals surface area contributed by atoms with Crippen molar-refractivity contribution in [2.75, 3.05) is 13.2 Å². The van der Waals surface area contributed by atoms with Crippen molar-refractivity contribution < 1.29 is 38.1 Å². The summed E-state index contributed by atoms with van der Waals surface area (Å²) >= 11 is 0. The largest absolute Gasteiger partial charge is 0.494 e. The zero-order valence-corrected chi connectivity index (χ0v) is 20.0. The molecule has 0 saturated heterocycles. The Morgan fingerprint density at radius 1 is 0.722 bits per heavy atom. The smallest absolute Gasteiger partial charge is 0.343 e. The summed E-state index contributed by atoms with van der Waals surface area (Å²) in [6, 6.07) is 17.4. The van der Waals surface area contributed by atoms with E-state index in [9.17, 15) is 14.4 Å². The van der Waals surface area contributed by atoms with Gasteiger partial charge in [-0.25, -0.2) is 14.4 Å². The van der Waals surface area contributed by atoms with Gasteiger partial charge in [-0.3, -0.25) is 0 Å². The van der Waals surface area contributed by atoms with Crippen LogP contribution in [0.25, 0.3) is 0 Å². The molecular weight excluding hydrogens is 464 g/mol. The summed E-state index contributed by atoms with van der Waals surface area (Å²) in [5, 5.41) is 0. The third-order valence-electron chi connectivity index (χ3n) is 4.78. The molecule has 0 aliphatic heterocycles. The van der Waals surface area contributed by atoms with Crippen LogP contribution in [-0.4, -0.2) is 31.1 Å². The Hall–Kier alpha value is -4.59. The summed E-state index contributed by atoms with van der Waals surface area (Å²) < 4.78 is 26.9. The van der Waals surface area contributed by atoms with E-state index in [1.54, 1.807) is 48.5 Å². The molecule has 8 heteroatoms. The molecule has 0 aromatic heterocycles. The number of ether oxygens (including phenoxy) is 5. The Morgan fingerprint density at radius 3 is 1.72 bits per heavy atom. The normalized spacial score (nSPS) is 10.2. The van der Waals surface area contributed by atoms with E-state index in [2.05, 4.69) is 6.58 Å². The molecule has 0 aliphatic rings. The third-order valence-corrected chi connectivity index (χ3v) is 4.78. The minimum Gasteiger partial charge on any atom is -0.494 e. The van der Waals surface area contributed by atoms with Crippen LogP contribution in [0.15, 0.2) is 79.4 Å². The molecule has 36 heavy (non-hydrogen) atoms. The Balaban J connectivity index is 1.78. The number of esters is 3. The molecule has 0 aliphatic carbocycles. The molecule has 0 unspecified atom stereocenters. The van der Waals surface area contributed by atoms with Crippen molar-refractivity contribution in [3.63, 3.8) is 0 Å². The average Bonchev–Trinajstić information content (AvgIpc) is 2.89. The molecule has 0 saturated carbocycles. The molecule has 8 nitrogen and oxygen atoms in total. The molecular formula is C28H26O8. The Labute approximate surface area is 209 Å². The first-order chi connectivity index (χ1) is 17.4. The van der Waals surface area contributed by atoms with Crippen LogP contribution in [0.2, 0.25) is 0 Å². The molecule has 186 valence electrons. The second kappa shape index (κ2) is 12.8. The first-order valence-corrected chi connectivity index (χ1v) is 11.3. The van der Waals surface area contributed by atoms with Crippen molar-refractivity contribution in [1.82, 2.24) is 0 Å². The van der Waals surface area contributed by atoms with Gasteiger partial charge in [-0.05, 0) is 80.6 Å². The molecule has 0 fully saturated rings. The van der Waals surface area contributed by atoms with Gasteiger partial charge in [0.2, 0.25) is 0 Å². The molecule has 0 heterocycles. The average molecular weight is 491 g/mol. The summed E-state index contributed by atoms with van der Waals surface area (Å²) in [5.41, 5.74) is 0.948. The van der Waals surface area contributed by atoms with Crippen LogP contribution in [0.4, 0.5) is 0 Å². The van der Waals surface area contributed by atoms with Gasteiger partial charge in [-0.15, -0.1) is 0 Å². The van der Waals surface area contributed by atoms with E-state index in [1.807, 2.05) is 13.8 Å². The number of carbonyl (C=O) groups excluding carboxylic acids is 3. The van der Waals surface area contributed by atoms with E-state index >= 15 is 0 Å². The van der Waals surface area contributed by atoms with Crippen molar-refractivity contribution in [2.45, 2.75) is 20.5 Å². The maximum Gasteiger partial charge on any atom is 0.343 e. The first kappa shape index (κ1) is 26.0. The van der Waals surface area contributed by atoms with Gasteiger partial charge in [0.15, 0.2) is 0 Å². The fourth-order valence-electron chi connectivity index (χ4n) is 3.07. The predicted molar refractivity (Wildman–Crippen MR) is 132 cm³/mol. The van der Waals surface area contributed by atoms with Crippen LogP contribution in [0.3, 0.4) is 0 Å². The zero-order valence-electron chi connectivity index (χ0n) is 20.0. The summed E-state index contributed by atoms with van der Waals surface area (Å²) in [5.74, 6) is -0.273. The van der Waals surface area contributed by atoms with Crippen molar-refractivity contribution in [1.29, 1.82) is 0 Å².